The van der Waals surface area contributed by atoms with E-state index in [2.05, 4.69) is 27.4 Å². The molecule has 0 atom stereocenters. The van der Waals surface area contributed by atoms with Gasteiger partial charge in [-0.2, -0.15) is 13.2 Å². The van der Waals surface area contributed by atoms with Crippen LogP contribution in [0.25, 0.3) is 10.9 Å². The summed E-state index contributed by atoms with van der Waals surface area (Å²) in [4.78, 5) is 15.6. The number of nitrogens with zero attached hydrogens (tertiary/aromatic N) is 2. The van der Waals surface area contributed by atoms with E-state index in [4.69, 9.17) is 4.74 Å². The standard InChI is InChI=1S/C28H31F3N4O4S/c1-34-12-8-20(9-13-34)33-27(36)23-15-19(16-25-22(23)10-14-35(25)18-28(29,30)31)5-4-11-32-24-17-21(40(3,37)38)6-7-26(24)39-2/h6-7,10,14-17,20,32H,8-9,11-13,18H2,1-3H3,(H,33,36). The van der Waals surface area contributed by atoms with Crippen LogP contribution in [0.5, 0.6) is 5.75 Å². The normalized spacial score (nSPS) is 14.9. The quantitative estimate of drug-likeness (QED) is 0.415. The summed E-state index contributed by atoms with van der Waals surface area (Å²) >= 11 is 0. The summed E-state index contributed by atoms with van der Waals surface area (Å²) in [5, 5.41) is 6.46. The van der Waals surface area contributed by atoms with Crippen molar-refractivity contribution in [2.75, 3.05) is 45.4 Å². The van der Waals surface area contributed by atoms with Gasteiger partial charge in [-0.3, -0.25) is 4.79 Å². The van der Waals surface area contributed by atoms with E-state index in [1.807, 2.05) is 7.05 Å². The molecule has 0 saturated carbocycles. The van der Waals surface area contributed by atoms with Gasteiger partial charge in [-0.25, -0.2) is 8.42 Å². The van der Waals surface area contributed by atoms with Crippen LogP contribution in [0, 0.1) is 11.8 Å². The Morgan fingerprint density at radius 1 is 1.15 bits per heavy atom. The number of hydrogen-bond donors (Lipinski definition) is 2. The Labute approximate surface area is 231 Å². The molecule has 3 aromatic rings. The molecule has 1 aliphatic heterocycles. The van der Waals surface area contributed by atoms with Gasteiger partial charge in [0.05, 0.1) is 29.8 Å². The zero-order chi connectivity index (χ0) is 29.1. The minimum Gasteiger partial charge on any atom is -0.495 e. The Hall–Kier alpha value is -3.69. The Balaban J connectivity index is 1.62. The fourth-order valence-electron chi connectivity index (χ4n) is 4.64. The highest BCUT2D eigenvalue weighted by atomic mass is 32.2. The number of anilines is 1. The summed E-state index contributed by atoms with van der Waals surface area (Å²) in [7, 11) is 0.0313. The average Bonchev–Trinajstić information content (AvgIpc) is 3.27. The SMILES string of the molecule is COc1ccc(S(C)(=O)=O)cc1NCC#Cc1cc(C(=O)NC2CCN(C)CC2)c2ccn(CC(F)(F)F)c2c1. The van der Waals surface area contributed by atoms with Gasteiger partial charge in [0.15, 0.2) is 9.84 Å². The number of hydrogen-bond acceptors (Lipinski definition) is 6. The van der Waals surface area contributed by atoms with Crippen LogP contribution in [0.4, 0.5) is 18.9 Å². The van der Waals surface area contributed by atoms with Gasteiger partial charge in [-0.15, -0.1) is 0 Å². The second-order valence-electron chi connectivity index (χ2n) is 9.86. The maximum Gasteiger partial charge on any atom is 0.406 e. The number of carbonyl (C=O) groups excluding carboxylic acids is 1. The summed E-state index contributed by atoms with van der Waals surface area (Å²) in [6.45, 7) is 0.584. The van der Waals surface area contributed by atoms with Crippen LogP contribution < -0.4 is 15.4 Å². The van der Waals surface area contributed by atoms with Crippen molar-refractivity contribution in [2.24, 2.45) is 0 Å². The molecule has 4 rings (SSSR count). The van der Waals surface area contributed by atoms with Gasteiger partial charge in [-0.05, 0) is 69.4 Å². The molecule has 0 spiro atoms. The lowest BCUT2D eigenvalue weighted by atomic mass is 10.0. The predicted octanol–water partition coefficient (Wildman–Crippen LogP) is 3.90. The summed E-state index contributed by atoms with van der Waals surface area (Å²) < 4.78 is 69.9. The van der Waals surface area contributed by atoms with Crippen molar-refractivity contribution >= 4 is 32.3 Å². The first kappa shape index (κ1) is 29.3. The molecule has 0 radical (unpaired) electrons. The molecule has 0 bridgehead atoms. The van der Waals surface area contributed by atoms with Crippen molar-refractivity contribution in [3.8, 4) is 17.6 Å². The number of fused-ring (bicyclic) bond motifs is 1. The topological polar surface area (TPSA) is 92.7 Å². The number of sulfone groups is 1. The number of halogens is 3. The van der Waals surface area contributed by atoms with E-state index in [0.29, 0.717) is 22.4 Å². The molecule has 214 valence electrons. The number of piperidine rings is 1. The minimum absolute atomic E-state index is 0.0207. The largest absolute Gasteiger partial charge is 0.495 e. The molecule has 0 aliphatic carbocycles. The third-order valence-electron chi connectivity index (χ3n) is 6.74. The van der Waals surface area contributed by atoms with E-state index < -0.39 is 22.6 Å². The molecule has 40 heavy (non-hydrogen) atoms. The Bertz CT molecular complexity index is 1560. The van der Waals surface area contributed by atoms with Crippen LogP contribution in [0.1, 0.15) is 28.8 Å². The Morgan fingerprint density at radius 2 is 1.88 bits per heavy atom. The molecule has 1 aromatic heterocycles. The van der Waals surface area contributed by atoms with Crippen molar-refractivity contribution in [1.29, 1.82) is 0 Å². The number of aromatic nitrogens is 1. The maximum atomic E-state index is 13.3. The molecule has 8 nitrogen and oxygen atoms in total. The van der Waals surface area contributed by atoms with Gasteiger partial charge >= 0.3 is 6.18 Å². The molecule has 0 unspecified atom stereocenters. The molecular formula is C28H31F3N4O4S. The number of methoxy groups -OCH3 is 1. The molecule has 1 fully saturated rings. The lowest BCUT2D eigenvalue weighted by Gasteiger charge is -2.29. The number of likely N-dealkylation sites (tertiary alicyclic amines) is 1. The third-order valence-corrected chi connectivity index (χ3v) is 7.85. The first-order valence-electron chi connectivity index (χ1n) is 12.6. The summed E-state index contributed by atoms with van der Waals surface area (Å²) in [6.07, 6.45) is -0.438. The number of rotatable bonds is 7. The van der Waals surface area contributed by atoms with Crippen molar-refractivity contribution in [1.82, 2.24) is 14.8 Å². The van der Waals surface area contributed by atoms with Crippen LogP contribution in [-0.4, -0.2) is 76.1 Å². The number of alkyl halides is 3. The third kappa shape index (κ3) is 7.28. The van der Waals surface area contributed by atoms with E-state index in [0.717, 1.165) is 36.8 Å². The van der Waals surface area contributed by atoms with Gasteiger partial charge in [0.2, 0.25) is 0 Å². The monoisotopic (exact) mass is 576 g/mol. The highest BCUT2D eigenvalue weighted by molar-refractivity contribution is 7.90. The van der Waals surface area contributed by atoms with E-state index >= 15 is 0 Å². The summed E-state index contributed by atoms with van der Waals surface area (Å²) in [5.74, 6) is 5.89. The molecular weight excluding hydrogens is 545 g/mol. The van der Waals surface area contributed by atoms with E-state index in [-0.39, 0.29) is 34.5 Å². The lowest BCUT2D eigenvalue weighted by molar-refractivity contribution is -0.139. The van der Waals surface area contributed by atoms with E-state index in [1.54, 1.807) is 6.07 Å². The Kier molecular flexibility index (Phi) is 8.65. The lowest BCUT2D eigenvalue weighted by Crippen LogP contribution is -2.43. The summed E-state index contributed by atoms with van der Waals surface area (Å²) in [5.41, 5.74) is 1.32. The predicted molar refractivity (Wildman–Crippen MR) is 147 cm³/mol. The average molecular weight is 577 g/mol. The second kappa shape index (κ2) is 11.8. The van der Waals surface area contributed by atoms with Gasteiger partial charge < -0.3 is 24.8 Å². The van der Waals surface area contributed by atoms with Crippen molar-refractivity contribution in [2.45, 2.75) is 36.5 Å². The first-order chi connectivity index (χ1) is 18.8. The van der Waals surface area contributed by atoms with Crippen molar-refractivity contribution in [3.05, 3.63) is 53.7 Å². The smallest absolute Gasteiger partial charge is 0.406 e. The highest BCUT2D eigenvalue weighted by Gasteiger charge is 2.29. The van der Waals surface area contributed by atoms with Gasteiger partial charge in [0.1, 0.15) is 12.3 Å². The highest BCUT2D eigenvalue weighted by Crippen LogP contribution is 2.28. The number of nitrogens with one attached hydrogen (secondary N) is 2. The van der Waals surface area contributed by atoms with Gasteiger partial charge in [-0.1, -0.05) is 11.8 Å². The van der Waals surface area contributed by atoms with Gasteiger partial charge in [0.25, 0.3) is 5.91 Å². The molecule has 1 amide bonds. The van der Waals surface area contributed by atoms with Crippen molar-refractivity contribution in [3.63, 3.8) is 0 Å². The van der Waals surface area contributed by atoms with Crippen LogP contribution in [0.15, 0.2) is 47.5 Å². The first-order valence-corrected chi connectivity index (χ1v) is 14.5. The molecule has 12 heteroatoms. The second-order valence-corrected chi connectivity index (χ2v) is 11.9. The van der Waals surface area contributed by atoms with Crippen molar-refractivity contribution < 1.29 is 31.1 Å². The molecule has 2 heterocycles. The summed E-state index contributed by atoms with van der Waals surface area (Å²) in [6, 6.07) is 9.03. The van der Waals surface area contributed by atoms with Crippen LogP contribution in [-0.2, 0) is 16.4 Å². The van der Waals surface area contributed by atoms with Gasteiger partial charge in [0, 0.05) is 35.0 Å². The number of carbonyl (C=O) groups is 1. The van der Waals surface area contributed by atoms with Crippen LogP contribution in [0.3, 0.4) is 0 Å². The molecule has 1 saturated heterocycles. The number of ether oxygens (including phenoxy) is 1. The molecule has 1 aliphatic rings. The van der Waals surface area contributed by atoms with E-state index in [9.17, 15) is 26.4 Å². The Morgan fingerprint density at radius 3 is 2.52 bits per heavy atom. The fourth-order valence-corrected chi connectivity index (χ4v) is 5.29. The maximum absolute atomic E-state index is 13.3. The molecule has 2 aromatic carbocycles. The zero-order valence-electron chi connectivity index (χ0n) is 22.4. The molecule has 2 N–H and O–H groups in total. The fraction of sp³-hybridized carbons (Fsp3) is 0.393. The van der Waals surface area contributed by atoms with E-state index in [1.165, 1.54) is 43.6 Å². The minimum atomic E-state index is -4.44. The zero-order valence-corrected chi connectivity index (χ0v) is 23.2. The van der Waals surface area contributed by atoms with Crippen LogP contribution >= 0.6 is 0 Å². The number of amides is 1. The van der Waals surface area contributed by atoms with Crippen LogP contribution in [0.2, 0.25) is 0 Å². The number of benzene rings is 2.